The molecule has 0 radical (unpaired) electrons. The van der Waals surface area contributed by atoms with Gasteiger partial charge in [-0.3, -0.25) is 4.79 Å². The van der Waals surface area contributed by atoms with Gasteiger partial charge >= 0.3 is 6.18 Å². The molecule has 12 heteroatoms. The molecular formula is C21H20F3N3O4S2. The molecule has 0 unspecified atom stereocenters. The van der Waals surface area contributed by atoms with Gasteiger partial charge in [-0.1, -0.05) is 18.2 Å². The zero-order chi connectivity index (χ0) is 23.6. The molecule has 1 fully saturated rings. The number of amides is 1. The highest BCUT2D eigenvalue weighted by Crippen LogP contribution is 2.36. The van der Waals surface area contributed by atoms with Gasteiger partial charge in [-0.2, -0.15) is 13.2 Å². The second-order valence-corrected chi connectivity index (χ2v) is 9.42. The van der Waals surface area contributed by atoms with Gasteiger partial charge in [0.1, 0.15) is 5.01 Å². The summed E-state index contributed by atoms with van der Waals surface area (Å²) in [5.74, 6) is -0.535. The third kappa shape index (κ3) is 5.41. The molecule has 0 spiro atoms. The van der Waals surface area contributed by atoms with E-state index >= 15 is 0 Å². The molecule has 1 aliphatic rings. The molecule has 0 aliphatic heterocycles. The third-order valence-electron chi connectivity index (χ3n) is 5.26. The highest BCUT2D eigenvalue weighted by atomic mass is 32.1. The van der Waals surface area contributed by atoms with Gasteiger partial charge in [0.2, 0.25) is 5.91 Å². The number of carbonyl (C=O) groups excluding carboxylic acids is 1. The molecule has 7 nitrogen and oxygen atoms in total. The summed E-state index contributed by atoms with van der Waals surface area (Å²) in [4.78, 5) is 21.6. The fraction of sp³-hybridized carbons (Fsp3) is 0.381. The van der Waals surface area contributed by atoms with Crippen LogP contribution in [0.5, 0.6) is 0 Å². The zero-order valence-corrected chi connectivity index (χ0v) is 18.8. The molecule has 0 bridgehead atoms. The molecule has 1 aromatic carbocycles. The van der Waals surface area contributed by atoms with E-state index in [9.17, 15) is 28.2 Å². The lowest BCUT2D eigenvalue weighted by Gasteiger charge is -2.34. The standard InChI is InChI=1S/C21H20F3N3O4S2/c22-21(23,24)14-4-2-1-3-11(14)9-31-13-5-12(6-13)19(30)27-20-26-16(10-32-20)18-15(7-28)25-17(8-29)33-18/h1-4,10,12-13,28-29H,5-9H2,(H,26,27,30)/t12-,13+. The number of nitrogens with one attached hydrogen (secondary N) is 1. The number of thiazole rings is 2. The Hall–Kier alpha value is -2.38. The molecule has 33 heavy (non-hydrogen) atoms. The van der Waals surface area contributed by atoms with E-state index in [1.807, 2.05) is 0 Å². The van der Waals surface area contributed by atoms with E-state index in [1.165, 1.54) is 40.9 Å². The van der Waals surface area contributed by atoms with E-state index in [-0.39, 0.29) is 43.3 Å². The van der Waals surface area contributed by atoms with Gasteiger partial charge in [-0.05, 0) is 24.5 Å². The van der Waals surface area contributed by atoms with E-state index < -0.39 is 11.7 Å². The van der Waals surface area contributed by atoms with Gasteiger partial charge in [0, 0.05) is 11.3 Å². The highest BCUT2D eigenvalue weighted by molar-refractivity contribution is 7.17. The van der Waals surface area contributed by atoms with Crippen LogP contribution in [0.25, 0.3) is 10.6 Å². The first-order valence-corrected chi connectivity index (χ1v) is 11.7. The molecule has 0 atom stereocenters. The fourth-order valence-corrected chi connectivity index (χ4v) is 5.14. The Morgan fingerprint density at radius 1 is 1.18 bits per heavy atom. The average Bonchev–Trinajstić information content (AvgIpc) is 3.38. The number of hydrogen-bond acceptors (Lipinski definition) is 8. The number of halogens is 3. The maximum Gasteiger partial charge on any atom is 0.416 e. The van der Waals surface area contributed by atoms with Crippen molar-refractivity contribution in [2.45, 2.75) is 44.9 Å². The van der Waals surface area contributed by atoms with Crippen molar-refractivity contribution in [1.29, 1.82) is 0 Å². The van der Waals surface area contributed by atoms with Crippen molar-refractivity contribution in [1.82, 2.24) is 9.97 Å². The van der Waals surface area contributed by atoms with Crippen LogP contribution in [0.3, 0.4) is 0 Å². The van der Waals surface area contributed by atoms with Crippen molar-refractivity contribution in [2.75, 3.05) is 5.32 Å². The van der Waals surface area contributed by atoms with Crippen molar-refractivity contribution in [3.05, 3.63) is 51.5 Å². The van der Waals surface area contributed by atoms with Crippen LogP contribution in [0.1, 0.15) is 34.7 Å². The molecular weight excluding hydrogens is 479 g/mol. The van der Waals surface area contributed by atoms with Crippen LogP contribution in [-0.4, -0.2) is 32.2 Å². The Morgan fingerprint density at radius 3 is 2.64 bits per heavy atom. The summed E-state index contributed by atoms with van der Waals surface area (Å²) in [5, 5.41) is 24.0. The topological polar surface area (TPSA) is 105 Å². The summed E-state index contributed by atoms with van der Waals surface area (Å²) < 4.78 is 44.8. The van der Waals surface area contributed by atoms with Crippen LogP contribution in [0.2, 0.25) is 0 Å². The third-order valence-corrected chi connectivity index (χ3v) is 7.12. The fourth-order valence-electron chi connectivity index (χ4n) is 3.46. The lowest BCUT2D eigenvalue weighted by molar-refractivity contribution is -0.140. The first kappa shape index (κ1) is 23.8. The quantitative estimate of drug-likeness (QED) is 0.429. The first-order chi connectivity index (χ1) is 15.8. The number of alkyl halides is 3. The molecule has 1 aliphatic carbocycles. The van der Waals surface area contributed by atoms with E-state index in [4.69, 9.17) is 4.74 Å². The summed E-state index contributed by atoms with van der Waals surface area (Å²) in [6, 6.07) is 5.29. The van der Waals surface area contributed by atoms with E-state index in [1.54, 1.807) is 5.38 Å². The van der Waals surface area contributed by atoms with Crippen LogP contribution in [0.15, 0.2) is 29.6 Å². The average molecular weight is 500 g/mol. The van der Waals surface area contributed by atoms with Crippen molar-refractivity contribution in [3.63, 3.8) is 0 Å². The zero-order valence-electron chi connectivity index (χ0n) is 17.1. The number of hydrogen-bond donors (Lipinski definition) is 3. The first-order valence-electron chi connectivity index (χ1n) is 10.0. The molecule has 176 valence electrons. The van der Waals surface area contributed by atoms with Crippen molar-refractivity contribution >= 4 is 33.7 Å². The van der Waals surface area contributed by atoms with E-state index in [0.717, 1.165) is 6.07 Å². The maximum absolute atomic E-state index is 13.1. The number of aromatic nitrogens is 2. The Labute approximate surface area is 194 Å². The van der Waals surface area contributed by atoms with Gasteiger partial charge in [-0.15, -0.1) is 22.7 Å². The van der Waals surface area contributed by atoms with Crippen LogP contribution in [-0.2, 0) is 35.5 Å². The number of rotatable bonds is 8. The molecule has 2 aromatic heterocycles. The lowest BCUT2D eigenvalue weighted by atomic mass is 9.81. The minimum Gasteiger partial charge on any atom is -0.390 e. The largest absolute Gasteiger partial charge is 0.416 e. The predicted molar refractivity (Wildman–Crippen MR) is 116 cm³/mol. The minimum absolute atomic E-state index is 0.0721. The van der Waals surface area contributed by atoms with Crippen molar-refractivity contribution in [2.24, 2.45) is 5.92 Å². The minimum atomic E-state index is -4.44. The SMILES string of the molecule is O=C(Nc1nc(-c2sc(CO)nc2CO)cs1)[C@H]1C[C@@H](OCc2ccccc2C(F)(F)F)C1. The van der Waals surface area contributed by atoms with Gasteiger partial charge in [-0.25, -0.2) is 9.97 Å². The van der Waals surface area contributed by atoms with E-state index in [2.05, 4.69) is 15.3 Å². The number of benzene rings is 1. The molecule has 0 saturated heterocycles. The molecule has 3 aromatic rings. The number of aliphatic hydroxyl groups is 2. The monoisotopic (exact) mass is 499 g/mol. The molecule has 1 amide bonds. The Balaban J connectivity index is 1.29. The van der Waals surface area contributed by atoms with Gasteiger partial charge < -0.3 is 20.3 Å². The van der Waals surface area contributed by atoms with E-state index in [0.29, 0.717) is 39.2 Å². The number of ether oxygens (including phenoxy) is 1. The number of carbonyl (C=O) groups is 1. The number of aliphatic hydroxyl groups excluding tert-OH is 2. The molecule has 3 N–H and O–H groups in total. The van der Waals surface area contributed by atoms with Gasteiger partial charge in [0.25, 0.3) is 0 Å². The number of nitrogens with zero attached hydrogens (tertiary/aromatic N) is 2. The summed E-state index contributed by atoms with van der Waals surface area (Å²) in [5.41, 5.74) is 0.325. The molecule has 4 rings (SSSR count). The van der Waals surface area contributed by atoms with Crippen molar-refractivity contribution < 1.29 is 32.9 Å². The number of anilines is 1. The highest BCUT2D eigenvalue weighted by Gasteiger charge is 2.37. The summed E-state index contributed by atoms with van der Waals surface area (Å²) >= 11 is 2.45. The normalized spacial score (nSPS) is 18.2. The Morgan fingerprint density at radius 2 is 1.94 bits per heavy atom. The second-order valence-electron chi connectivity index (χ2n) is 7.48. The molecule has 2 heterocycles. The maximum atomic E-state index is 13.1. The smallest absolute Gasteiger partial charge is 0.390 e. The van der Waals surface area contributed by atoms with Gasteiger partial charge in [0.15, 0.2) is 5.13 Å². The second kappa shape index (κ2) is 9.85. The van der Waals surface area contributed by atoms with Crippen LogP contribution < -0.4 is 5.32 Å². The van der Waals surface area contributed by atoms with Crippen LogP contribution in [0, 0.1) is 5.92 Å². The van der Waals surface area contributed by atoms with Crippen LogP contribution in [0.4, 0.5) is 18.3 Å². The molecule has 1 saturated carbocycles. The lowest BCUT2D eigenvalue weighted by Crippen LogP contribution is -2.39. The van der Waals surface area contributed by atoms with Crippen LogP contribution >= 0.6 is 22.7 Å². The summed E-state index contributed by atoms with van der Waals surface area (Å²) in [6.07, 6.45) is -3.88. The van der Waals surface area contributed by atoms with Crippen molar-refractivity contribution in [3.8, 4) is 10.6 Å². The predicted octanol–water partition coefficient (Wildman–Crippen LogP) is 4.20. The summed E-state index contributed by atoms with van der Waals surface area (Å²) in [7, 11) is 0. The Kier molecular flexibility index (Phi) is 7.10. The van der Waals surface area contributed by atoms with Gasteiger partial charge in [0.05, 0.1) is 47.8 Å². The summed E-state index contributed by atoms with van der Waals surface area (Å²) in [6.45, 7) is -0.692. The Bertz CT molecular complexity index is 1130.